The second kappa shape index (κ2) is 6.42. The Labute approximate surface area is 108 Å². The average Bonchev–Trinajstić information content (AvgIpc) is 2.27. The topological polar surface area (TPSA) is 60.2 Å². The van der Waals surface area contributed by atoms with Crippen LogP contribution in [0.3, 0.4) is 0 Å². The first kappa shape index (κ1) is 14.5. The molecule has 0 bridgehead atoms. The molecule has 0 fully saturated rings. The lowest BCUT2D eigenvalue weighted by Gasteiger charge is -2.19. The van der Waals surface area contributed by atoms with Gasteiger partial charge in [0.1, 0.15) is 9.84 Å². The molecule has 0 aliphatic heterocycles. The molecule has 0 aromatic heterocycles. The van der Waals surface area contributed by atoms with Crippen molar-refractivity contribution < 1.29 is 8.42 Å². The summed E-state index contributed by atoms with van der Waals surface area (Å²) in [6, 6.07) is 9.82. The lowest BCUT2D eigenvalue weighted by molar-refractivity contribution is 0.603. The smallest absolute Gasteiger partial charge is 0.148 e. The lowest BCUT2D eigenvalue weighted by Crippen LogP contribution is -2.22. The van der Waals surface area contributed by atoms with Crippen LogP contribution in [0.15, 0.2) is 30.3 Å². The summed E-state index contributed by atoms with van der Waals surface area (Å²) in [6.07, 6.45) is 1.26. The molecule has 1 rings (SSSR count). The molecule has 2 N–H and O–H groups in total. The first-order valence-electron chi connectivity index (χ1n) is 5.50. The van der Waals surface area contributed by atoms with E-state index in [1.165, 1.54) is 6.26 Å². The number of hydrogen-bond acceptors (Lipinski definition) is 4. The zero-order chi connectivity index (χ0) is 12.9. The third-order valence-electron chi connectivity index (χ3n) is 2.53. The van der Waals surface area contributed by atoms with Gasteiger partial charge in [0.15, 0.2) is 0 Å². The number of hydrogen-bond donors (Lipinski definition) is 1. The highest BCUT2D eigenvalue weighted by Crippen LogP contribution is 2.24. The molecular formula is C12H19NO2S2. The number of sulfone groups is 1. The van der Waals surface area contributed by atoms with Crippen LogP contribution in [0.5, 0.6) is 0 Å². The molecule has 0 spiro atoms. The van der Waals surface area contributed by atoms with Gasteiger partial charge in [0.2, 0.25) is 0 Å². The summed E-state index contributed by atoms with van der Waals surface area (Å²) in [6.45, 7) is 2.03. The molecule has 2 atom stereocenters. The van der Waals surface area contributed by atoms with Crippen LogP contribution in [0.25, 0.3) is 0 Å². The van der Waals surface area contributed by atoms with Crippen LogP contribution in [0.2, 0.25) is 0 Å². The maximum atomic E-state index is 11.0. The van der Waals surface area contributed by atoms with Gasteiger partial charge in [-0.15, -0.1) is 0 Å². The normalized spacial score (nSPS) is 15.5. The lowest BCUT2D eigenvalue weighted by atomic mass is 10.1. The SMILES string of the molecule is CC(SCCS(C)(=O)=O)C(N)c1ccccc1. The molecule has 0 amide bonds. The van der Waals surface area contributed by atoms with Gasteiger partial charge in [-0.25, -0.2) is 8.42 Å². The van der Waals surface area contributed by atoms with Gasteiger partial charge in [-0.1, -0.05) is 37.3 Å². The minimum Gasteiger partial charge on any atom is -0.323 e. The van der Waals surface area contributed by atoms with Gasteiger partial charge in [0.05, 0.1) is 5.75 Å². The van der Waals surface area contributed by atoms with Crippen LogP contribution >= 0.6 is 11.8 Å². The molecule has 17 heavy (non-hydrogen) atoms. The Morgan fingerprint density at radius 3 is 2.41 bits per heavy atom. The van der Waals surface area contributed by atoms with E-state index in [1.807, 2.05) is 37.3 Å². The third-order valence-corrected chi connectivity index (χ3v) is 4.99. The number of nitrogens with two attached hydrogens (primary N) is 1. The Kier molecular flexibility index (Phi) is 5.49. The molecule has 2 unspecified atom stereocenters. The minimum atomic E-state index is -2.87. The highest BCUT2D eigenvalue weighted by atomic mass is 32.2. The number of rotatable bonds is 6. The summed E-state index contributed by atoms with van der Waals surface area (Å²) in [7, 11) is -2.87. The minimum absolute atomic E-state index is 0.0549. The van der Waals surface area contributed by atoms with Crippen molar-refractivity contribution in [1.82, 2.24) is 0 Å². The summed E-state index contributed by atoms with van der Waals surface area (Å²) in [5.74, 6) is 0.810. The third kappa shape index (κ3) is 5.57. The van der Waals surface area contributed by atoms with Crippen molar-refractivity contribution in [1.29, 1.82) is 0 Å². The molecule has 0 saturated carbocycles. The number of benzene rings is 1. The van der Waals surface area contributed by atoms with E-state index in [4.69, 9.17) is 5.73 Å². The van der Waals surface area contributed by atoms with Gasteiger partial charge in [-0.2, -0.15) is 11.8 Å². The van der Waals surface area contributed by atoms with E-state index < -0.39 is 9.84 Å². The second-order valence-corrected chi connectivity index (χ2v) is 7.89. The Balaban J connectivity index is 2.45. The summed E-state index contributed by atoms with van der Waals surface area (Å²) in [5.41, 5.74) is 7.21. The van der Waals surface area contributed by atoms with E-state index in [9.17, 15) is 8.42 Å². The van der Waals surface area contributed by atoms with Crippen LogP contribution in [-0.4, -0.2) is 31.4 Å². The molecule has 0 heterocycles. The van der Waals surface area contributed by atoms with Crippen molar-refractivity contribution in [2.24, 2.45) is 5.73 Å². The van der Waals surface area contributed by atoms with Crippen molar-refractivity contribution >= 4 is 21.6 Å². The van der Waals surface area contributed by atoms with Gasteiger partial charge < -0.3 is 5.73 Å². The van der Waals surface area contributed by atoms with E-state index in [1.54, 1.807) is 11.8 Å². The van der Waals surface area contributed by atoms with Crippen LogP contribution in [-0.2, 0) is 9.84 Å². The zero-order valence-electron chi connectivity index (χ0n) is 10.2. The molecule has 1 aromatic carbocycles. The van der Waals surface area contributed by atoms with Gasteiger partial charge in [0, 0.05) is 23.3 Å². The molecule has 96 valence electrons. The first-order chi connectivity index (χ1) is 7.90. The summed E-state index contributed by atoms with van der Waals surface area (Å²) in [5, 5.41) is 0.208. The van der Waals surface area contributed by atoms with Gasteiger partial charge in [-0.3, -0.25) is 0 Å². The molecule has 0 aliphatic rings. The number of thioether (sulfide) groups is 1. The fourth-order valence-electron chi connectivity index (χ4n) is 1.44. The van der Waals surface area contributed by atoms with E-state index in [-0.39, 0.29) is 17.0 Å². The fourth-order valence-corrected chi connectivity index (χ4v) is 3.77. The van der Waals surface area contributed by atoms with E-state index in [2.05, 4.69) is 0 Å². The fraction of sp³-hybridized carbons (Fsp3) is 0.500. The Hall–Kier alpha value is -0.520. The van der Waals surface area contributed by atoms with Crippen LogP contribution in [0, 0.1) is 0 Å². The summed E-state index contributed by atoms with van der Waals surface area (Å²) < 4.78 is 22.0. The van der Waals surface area contributed by atoms with Crippen LogP contribution in [0.4, 0.5) is 0 Å². The van der Waals surface area contributed by atoms with Crippen LogP contribution < -0.4 is 5.73 Å². The maximum Gasteiger partial charge on any atom is 0.148 e. The van der Waals surface area contributed by atoms with Gasteiger partial charge >= 0.3 is 0 Å². The monoisotopic (exact) mass is 273 g/mol. The molecule has 5 heteroatoms. The molecule has 0 radical (unpaired) electrons. The Morgan fingerprint density at radius 1 is 1.29 bits per heavy atom. The predicted octanol–water partition coefficient (Wildman–Crippen LogP) is 1.85. The Bertz CT molecular complexity index is 431. The maximum absolute atomic E-state index is 11.0. The zero-order valence-corrected chi connectivity index (χ0v) is 11.8. The summed E-state index contributed by atoms with van der Waals surface area (Å²) >= 11 is 1.60. The highest BCUT2D eigenvalue weighted by molar-refractivity contribution is 8.01. The molecule has 0 aliphatic carbocycles. The first-order valence-corrected chi connectivity index (χ1v) is 8.61. The van der Waals surface area contributed by atoms with Crippen molar-refractivity contribution in [3.8, 4) is 0 Å². The quantitative estimate of drug-likeness (QED) is 0.859. The molecule has 3 nitrogen and oxygen atoms in total. The highest BCUT2D eigenvalue weighted by Gasteiger charge is 2.15. The van der Waals surface area contributed by atoms with Crippen LogP contribution in [0.1, 0.15) is 18.5 Å². The second-order valence-electron chi connectivity index (χ2n) is 4.14. The van der Waals surface area contributed by atoms with E-state index in [0.29, 0.717) is 5.75 Å². The van der Waals surface area contributed by atoms with E-state index >= 15 is 0 Å². The molecular weight excluding hydrogens is 254 g/mol. The van der Waals surface area contributed by atoms with E-state index in [0.717, 1.165) is 5.56 Å². The van der Waals surface area contributed by atoms with Gasteiger partial charge in [-0.05, 0) is 5.56 Å². The van der Waals surface area contributed by atoms with Crippen molar-refractivity contribution in [3.63, 3.8) is 0 Å². The standard InChI is InChI=1S/C12H19NO2S2/c1-10(16-8-9-17(2,14)15)12(13)11-6-4-3-5-7-11/h3-7,10,12H,8-9,13H2,1-2H3. The molecule has 1 aromatic rings. The van der Waals surface area contributed by atoms with Crippen molar-refractivity contribution in [2.45, 2.75) is 18.2 Å². The molecule has 0 saturated heterocycles. The van der Waals surface area contributed by atoms with Gasteiger partial charge in [0.25, 0.3) is 0 Å². The Morgan fingerprint density at radius 2 is 1.88 bits per heavy atom. The predicted molar refractivity (Wildman–Crippen MR) is 75.0 cm³/mol. The summed E-state index contributed by atoms with van der Waals surface area (Å²) in [4.78, 5) is 0. The average molecular weight is 273 g/mol. The largest absolute Gasteiger partial charge is 0.323 e. The van der Waals surface area contributed by atoms with Crippen molar-refractivity contribution in [3.05, 3.63) is 35.9 Å². The van der Waals surface area contributed by atoms with Crippen molar-refractivity contribution in [2.75, 3.05) is 17.8 Å².